The Labute approximate surface area is 77.3 Å². The summed E-state index contributed by atoms with van der Waals surface area (Å²) in [4.78, 5) is 47.9. The molecular formula is C8H2N2O4. The largest absolute Gasteiger partial charge is 0.287 e. The molecule has 0 saturated heterocycles. The first-order valence-electron chi connectivity index (χ1n) is 3.37. The second kappa shape index (κ2) is 4.00. The molecule has 0 fully saturated rings. The Morgan fingerprint density at radius 2 is 1.21 bits per heavy atom. The highest BCUT2D eigenvalue weighted by Gasteiger charge is 2.22. The lowest BCUT2D eigenvalue weighted by Gasteiger charge is -2.02. The van der Waals surface area contributed by atoms with E-state index in [0.717, 1.165) is 24.3 Å². The molecule has 0 atom stereocenters. The van der Waals surface area contributed by atoms with Crippen molar-refractivity contribution < 1.29 is 19.2 Å². The number of allylic oxidation sites excluding steroid dienone is 2. The molecule has 14 heavy (non-hydrogen) atoms. The molecule has 6 heteroatoms. The number of ketones is 2. The fourth-order valence-electron chi connectivity index (χ4n) is 0.850. The fraction of sp³-hybridized carbons (Fsp3) is 0. The third-order valence-corrected chi connectivity index (χ3v) is 1.39. The van der Waals surface area contributed by atoms with Crippen molar-refractivity contribution in [3.05, 3.63) is 23.5 Å². The van der Waals surface area contributed by atoms with Gasteiger partial charge in [0.25, 0.3) is 0 Å². The van der Waals surface area contributed by atoms with Crippen LogP contribution in [0.3, 0.4) is 0 Å². The summed E-state index contributed by atoms with van der Waals surface area (Å²) in [6.45, 7) is 0. The molecule has 0 amide bonds. The molecule has 0 N–H and O–H groups in total. The SMILES string of the molecule is O=C=NC1=C(N=C=O)C(=O)C=CC1=O. The Morgan fingerprint density at radius 1 is 0.857 bits per heavy atom. The van der Waals surface area contributed by atoms with Crippen molar-refractivity contribution in [2.45, 2.75) is 0 Å². The van der Waals surface area contributed by atoms with Gasteiger partial charge in [-0.2, -0.15) is 9.98 Å². The van der Waals surface area contributed by atoms with Crippen LogP contribution in [-0.2, 0) is 19.2 Å². The average molecular weight is 190 g/mol. The van der Waals surface area contributed by atoms with Crippen molar-refractivity contribution in [1.82, 2.24) is 0 Å². The predicted octanol–water partition coefficient (Wildman–Crippen LogP) is -0.422. The molecule has 0 radical (unpaired) electrons. The van der Waals surface area contributed by atoms with Crippen molar-refractivity contribution in [1.29, 1.82) is 0 Å². The monoisotopic (exact) mass is 190 g/mol. The Bertz CT molecular complexity index is 418. The van der Waals surface area contributed by atoms with Crippen LogP contribution in [0.2, 0.25) is 0 Å². The van der Waals surface area contributed by atoms with Crippen molar-refractivity contribution in [3.8, 4) is 0 Å². The maximum Gasteiger partial charge on any atom is 0.240 e. The highest BCUT2D eigenvalue weighted by Crippen LogP contribution is 2.15. The van der Waals surface area contributed by atoms with Gasteiger partial charge in [-0.05, 0) is 12.2 Å². The van der Waals surface area contributed by atoms with Crippen LogP contribution in [0.15, 0.2) is 33.5 Å². The third kappa shape index (κ3) is 1.67. The number of nitrogens with zero attached hydrogens (tertiary/aromatic N) is 2. The summed E-state index contributed by atoms with van der Waals surface area (Å²) >= 11 is 0. The Hall–Kier alpha value is -2.42. The van der Waals surface area contributed by atoms with Crippen LogP contribution in [0.5, 0.6) is 0 Å². The molecule has 0 heterocycles. The molecular weight excluding hydrogens is 188 g/mol. The first kappa shape index (κ1) is 9.67. The van der Waals surface area contributed by atoms with E-state index in [1.165, 1.54) is 0 Å². The Kier molecular flexibility index (Phi) is 2.76. The zero-order valence-electron chi connectivity index (χ0n) is 6.68. The molecule has 0 aromatic rings. The quantitative estimate of drug-likeness (QED) is 0.335. The molecule has 1 rings (SSSR count). The van der Waals surface area contributed by atoms with E-state index in [1.807, 2.05) is 0 Å². The molecule has 1 aliphatic rings. The van der Waals surface area contributed by atoms with Crippen molar-refractivity contribution >= 4 is 23.7 Å². The van der Waals surface area contributed by atoms with Gasteiger partial charge >= 0.3 is 0 Å². The normalized spacial score (nSPS) is 14.9. The highest BCUT2D eigenvalue weighted by atomic mass is 16.1. The molecule has 0 aliphatic heterocycles. The van der Waals surface area contributed by atoms with Gasteiger partial charge in [0.15, 0.2) is 11.4 Å². The first-order valence-corrected chi connectivity index (χ1v) is 3.37. The number of isocyanates is 2. The summed E-state index contributed by atoms with van der Waals surface area (Å²) in [5, 5.41) is 0. The van der Waals surface area contributed by atoms with Crippen LogP contribution in [0.4, 0.5) is 0 Å². The van der Waals surface area contributed by atoms with Crippen molar-refractivity contribution in [2.75, 3.05) is 0 Å². The summed E-state index contributed by atoms with van der Waals surface area (Å²) in [6, 6.07) is 0. The lowest BCUT2D eigenvalue weighted by atomic mass is 10.1. The van der Waals surface area contributed by atoms with Crippen LogP contribution < -0.4 is 0 Å². The van der Waals surface area contributed by atoms with Crippen molar-refractivity contribution in [3.63, 3.8) is 0 Å². The van der Waals surface area contributed by atoms with Crippen LogP contribution in [0, 0.1) is 0 Å². The highest BCUT2D eigenvalue weighted by molar-refractivity contribution is 6.20. The van der Waals surface area contributed by atoms with Gasteiger partial charge in [0.05, 0.1) is 0 Å². The number of hydrogen-bond donors (Lipinski definition) is 0. The van der Waals surface area contributed by atoms with Gasteiger partial charge in [0.2, 0.25) is 23.7 Å². The van der Waals surface area contributed by atoms with Gasteiger partial charge in [-0.1, -0.05) is 0 Å². The minimum atomic E-state index is -0.679. The van der Waals surface area contributed by atoms with E-state index in [-0.39, 0.29) is 0 Å². The molecule has 6 nitrogen and oxygen atoms in total. The summed E-state index contributed by atoms with van der Waals surface area (Å²) < 4.78 is 0. The molecule has 0 unspecified atom stereocenters. The minimum absolute atomic E-state index is 0.490. The first-order chi connectivity index (χ1) is 6.70. The number of aliphatic imine (C=N–C) groups is 2. The zero-order valence-corrected chi connectivity index (χ0v) is 6.68. The molecule has 0 saturated carbocycles. The summed E-state index contributed by atoms with van der Waals surface area (Å²) in [6.07, 6.45) is 4.06. The summed E-state index contributed by atoms with van der Waals surface area (Å²) in [5.41, 5.74) is -0.980. The van der Waals surface area contributed by atoms with Gasteiger partial charge in [-0.15, -0.1) is 0 Å². The predicted molar refractivity (Wildman–Crippen MR) is 42.4 cm³/mol. The van der Waals surface area contributed by atoms with E-state index in [4.69, 9.17) is 0 Å². The van der Waals surface area contributed by atoms with Crippen LogP contribution in [0.1, 0.15) is 0 Å². The van der Waals surface area contributed by atoms with Gasteiger partial charge in [0.1, 0.15) is 0 Å². The van der Waals surface area contributed by atoms with E-state index < -0.39 is 23.0 Å². The zero-order chi connectivity index (χ0) is 10.6. The Morgan fingerprint density at radius 3 is 1.50 bits per heavy atom. The van der Waals surface area contributed by atoms with Gasteiger partial charge < -0.3 is 0 Å². The summed E-state index contributed by atoms with van der Waals surface area (Å²) in [7, 11) is 0. The van der Waals surface area contributed by atoms with E-state index >= 15 is 0 Å². The van der Waals surface area contributed by atoms with E-state index in [0.29, 0.717) is 0 Å². The van der Waals surface area contributed by atoms with Gasteiger partial charge in [-0.3, -0.25) is 9.59 Å². The number of hydrogen-bond acceptors (Lipinski definition) is 6. The summed E-state index contributed by atoms with van der Waals surface area (Å²) in [5.74, 6) is -1.36. The third-order valence-electron chi connectivity index (χ3n) is 1.39. The molecule has 0 aromatic heterocycles. The second-order valence-electron chi connectivity index (χ2n) is 2.17. The molecule has 0 spiro atoms. The molecule has 0 aromatic carbocycles. The smallest absolute Gasteiger partial charge is 0.240 e. The molecule has 1 aliphatic carbocycles. The van der Waals surface area contributed by atoms with E-state index in [1.54, 1.807) is 0 Å². The fourth-order valence-corrected chi connectivity index (χ4v) is 0.850. The molecule has 68 valence electrons. The standard InChI is InChI=1S/C8H2N2O4/c11-3-9-7-5(13)1-2-6(14)8(7)10-4-12/h1-2H. The van der Waals surface area contributed by atoms with E-state index in [2.05, 4.69) is 9.98 Å². The van der Waals surface area contributed by atoms with Crippen LogP contribution >= 0.6 is 0 Å². The van der Waals surface area contributed by atoms with E-state index in [9.17, 15) is 19.2 Å². The number of rotatable bonds is 2. The number of carbonyl (C=O) groups is 2. The lowest BCUT2D eigenvalue weighted by Crippen LogP contribution is -2.11. The van der Waals surface area contributed by atoms with Crippen LogP contribution in [0.25, 0.3) is 0 Å². The maximum atomic E-state index is 11.1. The average Bonchev–Trinajstić information content (AvgIpc) is 2.17. The van der Waals surface area contributed by atoms with Gasteiger partial charge in [0, 0.05) is 0 Å². The Balaban J connectivity index is 3.40. The van der Waals surface area contributed by atoms with Crippen molar-refractivity contribution in [2.24, 2.45) is 9.98 Å². The van der Waals surface area contributed by atoms with Gasteiger partial charge in [-0.25, -0.2) is 9.59 Å². The lowest BCUT2D eigenvalue weighted by molar-refractivity contribution is -0.115. The maximum absolute atomic E-state index is 11.1. The second-order valence-corrected chi connectivity index (χ2v) is 2.17. The molecule has 0 bridgehead atoms. The number of carbonyl (C=O) groups excluding carboxylic acids is 4. The minimum Gasteiger partial charge on any atom is -0.287 e. The van der Waals surface area contributed by atoms with Crippen LogP contribution in [-0.4, -0.2) is 23.7 Å². The topological polar surface area (TPSA) is 93.0 Å².